The van der Waals surface area contributed by atoms with Gasteiger partial charge >= 0.3 is 0 Å². The lowest BCUT2D eigenvalue weighted by Gasteiger charge is -2.42. The number of rotatable bonds is 5. The van der Waals surface area contributed by atoms with Gasteiger partial charge in [-0.25, -0.2) is 0 Å². The van der Waals surface area contributed by atoms with E-state index in [2.05, 4.69) is 0 Å². The zero-order valence-electron chi connectivity index (χ0n) is 14.7. The molecule has 5 nitrogen and oxygen atoms in total. The molecule has 0 heterocycles. The number of hydrogen-bond donors (Lipinski definition) is 0. The monoisotopic (exact) mass is 331 g/mol. The molecule has 1 fully saturated rings. The van der Waals surface area contributed by atoms with Crippen LogP contribution in [0.25, 0.3) is 6.08 Å². The van der Waals surface area contributed by atoms with Crippen molar-refractivity contribution in [2.24, 2.45) is 11.8 Å². The first kappa shape index (κ1) is 18.3. The lowest BCUT2D eigenvalue weighted by atomic mass is 9.69. The van der Waals surface area contributed by atoms with Crippen molar-refractivity contribution < 1.29 is 14.5 Å². The van der Waals surface area contributed by atoms with Crippen LogP contribution in [0.4, 0.5) is 5.69 Å². The number of ether oxygens (including phenoxy) is 1. The van der Waals surface area contributed by atoms with Gasteiger partial charge in [-0.1, -0.05) is 20.8 Å². The Bertz CT molecular complexity index is 648. The van der Waals surface area contributed by atoms with Crippen LogP contribution in [0.2, 0.25) is 0 Å². The summed E-state index contributed by atoms with van der Waals surface area (Å²) in [6.07, 6.45) is 3.48. The zero-order valence-corrected chi connectivity index (χ0v) is 14.7. The molecule has 2 rings (SSSR count). The number of non-ortho nitro benzene ring substituents is 1. The Morgan fingerprint density at radius 3 is 2.50 bits per heavy atom. The van der Waals surface area contributed by atoms with Gasteiger partial charge in [0.1, 0.15) is 5.60 Å². The maximum Gasteiger partial charge on any atom is 0.269 e. The third-order valence-electron chi connectivity index (χ3n) is 4.89. The molecule has 0 amide bonds. The highest BCUT2D eigenvalue weighted by atomic mass is 16.6. The molecule has 5 heteroatoms. The molecule has 1 saturated carbocycles. The molecule has 1 aliphatic carbocycles. The highest BCUT2D eigenvalue weighted by molar-refractivity contribution is 6.06. The predicted molar refractivity (Wildman–Crippen MR) is 93.7 cm³/mol. The molecule has 130 valence electrons. The summed E-state index contributed by atoms with van der Waals surface area (Å²) in [5.74, 6) is 0.300. The Kier molecular flexibility index (Phi) is 5.54. The highest BCUT2D eigenvalue weighted by Crippen LogP contribution is 2.41. The molecule has 0 aromatic heterocycles. The van der Waals surface area contributed by atoms with Crippen molar-refractivity contribution in [3.8, 4) is 0 Å². The highest BCUT2D eigenvalue weighted by Gasteiger charge is 2.47. The zero-order chi connectivity index (χ0) is 17.9. The van der Waals surface area contributed by atoms with Gasteiger partial charge in [0.05, 0.1) is 4.92 Å². The van der Waals surface area contributed by atoms with E-state index in [1.165, 1.54) is 12.1 Å². The summed E-state index contributed by atoms with van der Waals surface area (Å²) < 4.78 is 5.93. The number of nitrogens with zero attached hydrogens (tertiary/aromatic N) is 1. The molecule has 1 aliphatic rings. The third kappa shape index (κ3) is 3.41. The third-order valence-corrected chi connectivity index (χ3v) is 4.89. The van der Waals surface area contributed by atoms with Crippen LogP contribution in [-0.2, 0) is 9.53 Å². The number of Topliss-reactive ketones (excluding diaryl/α,β-unsaturated/α-hetero) is 1. The lowest BCUT2D eigenvalue weighted by molar-refractivity contribution is -0.384. The van der Waals surface area contributed by atoms with E-state index < -0.39 is 10.5 Å². The van der Waals surface area contributed by atoms with Gasteiger partial charge in [0.25, 0.3) is 5.69 Å². The summed E-state index contributed by atoms with van der Waals surface area (Å²) in [6.45, 7) is 8.50. The van der Waals surface area contributed by atoms with Crippen molar-refractivity contribution in [3.63, 3.8) is 0 Å². The molecule has 0 radical (unpaired) electrons. The molecular formula is C19H25NO4. The van der Waals surface area contributed by atoms with Crippen molar-refractivity contribution in [2.75, 3.05) is 6.61 Å². The minimum Gasteiger partial charge on any atom is -0.367 e. The SMILES string of the molecule is CCOC1(C(C)C)CCC(C)/C(=C\c2ccc([N+](=O)[O-])cc2)C1=O. The summed E-state index contributed by atoms with van der Waals surface area (Å²) in [7, 11) is 0. The molecule has 1 aromatic carbocycles. The maximum absolute atomic E-state index is 13.2. The van der Waals surface area contributed by atoms with Gasteiger partial charge in [0.15, 0.2) is 5.78 Å². The van der Waals surface area contributed by atoms with Gasteiger partial charge in [0.2, 0.25) is 0 Å². The summed E-state index contributed by atoms with van der Waals surface area (Å²) in [5.41, 5.74) is 0.837. The number of benzene rings is 1. The fourth-order valence-corrected chi connectivity index (χ4v) is 3.36. The molecule has 24 heavy (non-hydrogen) atoms. The molecular weight excluding hydrogens is 306 g/mol. The van der Waals surface area contributed by atoms with Crippen LogP contribution in [-0.4, -0.2) is 22.9 Å². The number of nitro benzene ring substituents is 1. The quantitative estimate of drug-likeness (QED) is 0.455. The Morgan fingerprint density at radius 2 is 2.00 bits per heavy atom. The van der Waals surface area contributed by atoms with Crippen LogP contribution < -0.4 is 0 Å². The first-order valence-corrected chi connectivity index (χ1v) is 8.46. The van der Waals surface area contributed by atoms with Crippen LogP contribution >= 0.6 is 0 Å². The van der Waals surface area contributed by atoms with Crippen molar-refractivity contribution in [1.82, 2.24) is 0 Å². The molecule has 1 aromatic rings. The average molecular weight is 331 g/mol. The molecule has 2 unspecified atom stereocenters. The Hall–Kier alpha value is -2.01. The van der Waals surface area contributed by atoms with Crippen molar-refractivity contribution in [2.45, 2.75) is 46.1 Å². The second-order valence-electron chi connectivity index (χ2n) is 6.69. The maximum atomic E-state index is 13.2. The van der Waals surface area contributed by atoms with Crippen LogP contribution in [0.3, 0.4) is 0 Å². The normalized spacial score (nSPS) is 26.1. The minimum atomic E-state index is -0.756. The Morgan fingerprint density at radius 1 is 1.38 bits per heavy atom. The van der Waals surface area contributed by atoms with Crippen LogP contribution in [0, 0.1) is 22.0 Å². The Balaban J connectivity index is 2.39. The molecule has 0 N–H and O–H groups in total. The van der Waals surface area contributed by atoms with Gasteiger partial charge in [0, 0.05) is 24.3 Å². The molecule has 0 aliphatic heterocycles. The van der Waals surface area contributed by atoms with E-state index in [9.17, 15) is 14.9 Å². The van der Waals surface area contributed by atoms with Gasteiger partial charge in [-0.2, -0.15) is 0 Å². The smallest absolute Gasteiger partial charge is 0.269 e. The first-order chi connectivity index (χ1) is 11.3. The van der Waals surface area contributed by atoms with Gasteiger partial charge in [-0.3, -0.25) is 14.9 Å². The number of hydrogen-bond acceptors (Lipinski definition) is 4. The van der Waals surface area contributed by atoms with Crippen LogP contribution in [0.15, 0.2) is 29.8 Å². The second-order valence-corrected chi connectivity index (χ2v) is 6.69. The Labute approximate surface area is 142 Å². The summed E-state index contributed by atoms with van der Waals surface area (Å²) in [4.78, 5) is 23.5. The van der Waals surface area contributed by atoms with E-state index in [1.54, 1.807) is 12.1 Å². The van der Waals surface area contributed by atoms with E-state index in [-0.39, 0.29) is 23.3 Å². The number of nitro groups is 1. The topological polar surface area (TPSA) is 69.4 Å². The fraction of sp³-hybridized carbons (Fsp3) is 0.526. The van der Waals surface area contributed by atoms with Gasteiger partial charge < -0.3 is 4.74 Å². The fourth-order valence-electron chi connectivity index (χ4n) is 3.36. The van der Waals surface area contributed by atoms with Crippen LogP contribution in [0.5, 0.6) is 0 Å². The average Bonchev–Trinajstić information content (AvgIpc) is 2.54. The van der Waals surface area contributed by atoms with Crippen molar-refractivity contribution >= 4 is 17.5 Å². The first-order valence-electron chi connectivity index (χ1n) is 8.46. The number of ketones is 1. The van der Waals surface area contributed by atoms with Crippen molar-refractivity contribution in [3.05, 3.63) is 45.5 Å². The number of carbonyl (C=O) groups is 1. The molecule has 0 bridgehead atoms. The summed E-state index contributed by atoms with van der Waals surface area (Å²) in [5, 5.41) is 10.8. The van der Waals surface area contributed by atoms with E-state index in [0.29, 0.717) is 6.61 Å². The van der Waals surface area contributed by atoms with Crippen LogP contribution in [0.1, 0.15) is 46.1 Å². The summed E-state index contributed by atoms with van der Waals surface area (Å²) >= 11 is 0. The number of carbonyl (C=O) groups excluding carboxylic acids is 1. The lowest BCUT2D eigenvalue weighted by Crippen LogP contribution is -2.51. The minimum absolute atomic E-state index is 0.0472. The second kappa shape index (κ2) is 7.26. The summed E-state index contributed by atoms with van der Waals surface area (Å²) in [6, 6.07) is 6.28. The van der Waals surface area contributed by atoms with E-state index in [4.69, 9.17) is 4.74 Å². The van der Waals surface area contributed by atoms with E-state index in [0.717, 1.165) is 24.0 Å². The van der Waals surface area contributed by atoms with E-state index >= 15 is 0 Å². The molecule has 0 saturated heterocycles. The van der Waals surface area contributed by atoms with E-state index in [1.807, 2.05) is 33.8 Å². The predicted octanol–water partition coefficient (Wildman–Crippen LogP) is 4.41. The molecule has 0 spiro atoms. The standard InChI is InChI=1S/C19H25NO4/c1-5-24-19(13(2)3)11-10-14(4)17(18(19)21)12-15-6-8-16(9-7-15)20(22)23/h6-9,12-14H,5,10-11H2,1-4H3/b17-12+. The largest absolute Gasteiger partial charge is 0.367 e. The van der Waals surface area contributed by atoms with Gasteiger partial charge in [-0.15, -0.1) is 0 Å². The van der Waals surface area contributed by atoms with Gasteiger partial charge in [-0.05, 0) is 55.4 Å². The van der Waals surface area contributed by atoms with Crippen molar-refractivity contribution in [1.29, 1.82) is 0 Å². The molecule has 2 atom stereocenters.